The van der Waals surface area contributed by atoms with Crippen molar-refractivity contribution in [2.24, 2.45) is 0 Å². The molecule has 0 bridgehead atoms. The second kappa shape index (κ2) is 3.42. The van der Waals surface area contributed by atoms with E-state index in [0.29, 0.717) is 5.69 Å². The summed E-state index contributed by atoms with van der Waals surface area (Å²) in [7, 11) is 0. The molecule has 0 atom stereocenters. The summed E-state index contributed by atoms with van der Waals surface area (Å²) in [6, 6.07) is 15.5. The zero-order chi connectivity index (χ0) is 9.97. The van der Waals surface area contributed by atoms with E-state index in [1.165, 1.54) is 0 Å². The summed E-state index contributed by atoms with van der Waals surface area (Å²) in [5.74, 6) is 0.258. The van der Waals surface area contributed by atoms with Gasteiger partial charge in [0.25, 0.3) is 0 Å². The average molecular weight is 184 g/mol. The molecule has 0 amide bonds. The molecule has 0 aliphatic rings. The maximum Gasteiger partial charge on any atom is 0.116 e. The van der Waals surface area contributed by atoms with Crippen LogP contribution in [0, 0.1) is 6.07 Å². The van der Waals surface area contributed by atoms with Crippen LogP contribution in [-0.4, -0.2) is 5.11 Å². The van der Waals surface area contributed by atoms with Crippen molar-refractivity contribution in [3.05, 3.63) is 48.5 Å². The van der Waals surface area contributed by atoms with Crippen molar-refractivity contribution in [3.63, 3.8) is 0 Å². The summed E-state index contributed by atoms with van der Waals surface area (Å²) >= 11 is 0. The Kier molecular flexibility index (Phi) is 2.11. The van der Waals surface area contributed by atoms with Crippen LogP contribution in [-0.2, 0) is 0 Å². The zero-order valence-corrected chi connectivity index (χ0v) is 7.57. The Labute approximate surface area is 82.6 Å². The molecule has 1 radical (unpaired) electrons. The number of nitrogen functional groups attached to an aromatic ring is 1. The molecule has 69 valence electrons. The second-order valence-electron chi connectivity index (χ2n) is 3.08. The summed E-state index contributed by atoms with van der Waals surface area (Å²) in [5.41, 5.74) is 8.15. The Balaban J connectivity index is 2.49. The minimum Gasteiger partial charge on any atom is -0.508 e. The highest BCUT2D eigenvalue weighted by Gasteiger charge is 1.98. The summed E-state index contributed by atoms with van der Waals surface area (Å²) in [5, 5.41) is 9.30. The summed E-state index contributed by atoms with van der Waals surface area (Å²) in [4.78, 5) is 0. The molecule has 0 fully saturated rings. The second-order valence-corrected chi connectivity index (χ2v) is 3.08. The van der Waals surface area contributed by atoms with E-state index in [4.69, 9.17) is 5.73 Å². The number of phenolic OH excluding ortho intramolecular Hbond substituents is 1. The molecule has 3 N–H and O–H groups in total. The summed E-state index contributed by atoms with van der Waals surface area (Å²) in [6.07, 6.45) is 0. The monoisotopic (exact) mass is 184 g/mol. The molecule has 0 unspecified atom stereocenters. The lowest BCUT2D eigenvalue weighted by atomic mass is 10.1. The fourth-order valence-electron chi connectivity index (χ4n) is 1.35. The molecule has 0 spiro atoms. The highest BCUT2D eigenvalue weighted by molar-refractivity contribution is 5.68. The standard InChI is InChI=1S/C12H10NO/c13-11-5-1-3-9(7-11)10-4-2-6-12(14)8-10/h1-4,6-8,14H,13H2. The van der Waals surface area contributed by atoms with Gasteiger partial charge in [0.1, 0.15) is 5.75 Å². The molecular weight excluding hydrogens is 174 g/mol. The van der Waals surface area contributed by atoms with Crippen molar-refractivity contribution in [2.75, 3.05) is 5.73 Å². The minimum atomic E-state index is 0.258. The third kappa shape index (κ3) is 1.69. The Hall–Kier alpha value is -1.96. The molecule has 2 aromatic carbocycles. The third-order valence-electron chi connectivity index (χ3n) is 2.00. The molecule has 0 saturated heterocycles. The van der Waals surface area contributed by atoms with Gasteiger partial charge in [0.05, 0.1) is 0 Å². The minimum absolute atomic E-state index is 0.258. The maximum atomic E-state index is 9.30. The first-order valence-corrected chi connectivity index (χ1v) is 4.32. The number of hydrogen-bond donors (Lipinski definition) is 2. The van der Waals surface area contributed by atoms with Crippen LogP contribution in [0.4, 0.5) is 5.69 Å². The topological polar surface area (TPSA) is 46.2 Å². The van der Waals surface area contributed by atoms with Gasteiger partial charge in [-0.25, -0.2) is 0 Å². The molecule has 0 heterocycles. The van der Waals surface area contributed by atoms with Gasteiger partial charge in [-0.15, -0.1) is 0 Å². The number of anilines is 1. The van der Waals surface area contributed by atoms with Crippen LogP contribution in [0.2, 0.25) is 0 Å². The Bertz CT molecular complexity index is 408. The number of nitrogens with two attached hydrogens (primary N) is 1. The first-order valence-electron chi connectivity index (χ1n) is 4.32. The average Bonchev–Trinajstić information content (AvgIpc) is 2.18. The van der Waals surface area contributed by atoms with Crippen molar-refractivity contribution in [3.8, 4) is 16.9 Å². The molecule has 2 rings (SSSR count). The molecule has 2 nitrogen and oxygen atoms in total. The van der Waals surface area contributed by atoms with Gasteiger partial charge < -0.3 is 10.8 Å². The lowest BCUT2D eigenvalue weighted by molar-refractivity contribution is 0.475. The summed E-state index contributed by atoms with van der Waals surface area (Å²) in [6.45, 7) is 0. The van der Waals surface area contributed by atoms with Crippen LogP contribution in [0.1, 0.15) is 0 Å². The van der Waals surface area contributed by atoms with E-state index in [9.17, 15) is 5.11 Å². The van der Waals surface area contributed by atoms with Crippen molar-refractivity contribution >= 4 is 5.69 Å². The van der Waals surface area contributed by atoms with Gasteiger partial charge in [-0.1, -0.05) is 24.3 Å². The van der Waals surface area contributed by atoms with Gasteiger partial charge >= 0.3 is 0 Å². The van der Waals surface area contributed by atoms with E-state index in [1.54, 1.807) is 24.3 Å². The van der Waals surface area contributed by atoms with Crippen LogP contribution < -0.4 is 5.73 Å². The molecule has 0 aromatic heterocycles. The van der Waals surface area contributed by atoms with E-state index in [0.717, 1.165) is 11.1 Å². The van der Waals surface area contributed by atoms with E-state index in [2.05, 4.69) is 6.07 Å². The van der Waals surface area contributed by atoms with E-state index in [-0.39, 0.29) is 5.75 Å². The van der Waals surface area contributed by atoms with Gasteiger partial charge in [0, 0.05) is 11.8 Å². The van der Waals surface area contributed by atoms with Crippen LogP contribution in [0.25, 0.3) is 11.1 Å². The van der Waals surface area contributed by atoms with Gasteiger partial charge in [-0.3, -0.25) is 0 Å². The first-order chi connectivity index (χ1) is 6.75. The van der Waals surface area contributed by atoms with Crippen LogP contribution in [0.15, 0.2) is 42.5 Å². The third-order valence-corrected chi connectivity index (χ3v) is 2.00. The fraction of sp³-hybridized carbons (Fsp3) is 0. The van der Waals surface area contributed by atoms with E-state index >= 15 is 0 Å². The molecule has 0 aliphatic carbocycles. The smallest absolute Gasteiger partial charge is 0.116 e. The molecule has 2 heteroatoms. The largest absolute Gasteiger partial charge is 0.508 e. The fourth-order valence-corrected chi connectivity index (χ4v) is 1.35. The Morgan fingerprint density at radius 2 is 1.86 bits per heavy atom. The molecule has 0 saturated carbocycles. The Morgan fingerprint density at radius 1 is 1.07 bits per heavy atom. The number of benzene rings is 2. The molecular formula is C12H10NO. The quantitative estimate of drug-likeness (QED) is 0.668. The van der Waals surface area contributed by atoms with Crippen molar-refractivity contribution in [1.29, 1.82) is 0 Å². The zero-order valence-electron chi connectivity index (χ0n) is 7.57. The predicted molar refractivity (Wildman–Crippen MR) is 56.8 cm³/mol. The van der Waals surface area contributed by atoms with Gasteiger partial charge in [-0.05, 0) is 29.3 Å². The summed E-state index contributed by atoms with van der Waals surface area (Å²) < 4.78 is 0. The van der Waals surface area contributed by atoms with Crippen LogP contribution in [0.3, 0.4) is 0 Å². The Morgan fingerprint density at radius 3 is 2.57 bits per heavy atom. The molecule has 14 heavy (non-hydrogen) atoms. The predicted octanol–water partition coefficient (Wildman–Crippen LogP) is 2.44. The maximum absolute atomic E-state index is 9.30. The number of hydrogen-bond acceptors (Lipinski definition) is 2. The lowest BCUT2D eigenvalue weighted by Crippen LogP contribution is -1.85. The normalized spacial score (nSPS) is 10.0. The van der Waals surface area contributed by atoms with Gasteiger partial charge in [-0.2, -0.15) is 0 Å². The van der Waals surface area contributed by atoms with E-state index in [1.807, 2.05) is 18.2 Å². The van der Waals surface area contributed by atoms with Gasteiger partial charge in [0.2, 0.25) is 0 Å². The highest BCUT2D eigenvalue weighted by atomic mass is 16.3. The molecule has 0 aliphatic heterocycles. The van der Waals surface area contributed by atoms with Crippen LogP contribution >= 0.6 is 0 Å². The number of phenols is 1. The molecule has 2 aromatic rings. The first kappa shape index (κ1) is 8.63. The van der Waals surface area contributed by atoms with Crippen molar-refractivity contribution < 1.29 is 5.11 Å². The van der Waals surface area contributed by atoms with E-state index < -0.39 is 0 Å². The van der Waals surface area contributed by atoms with Crippen molar-refractivity contribution in [1.82, 2.24) is 0 Å². The van der Waals surface area contributed by atoms with Crippen molar-refractivity contribution in [2.45, 2.75) is 0 Å². The van der Waals surface area contributed by atoms with Crippen LogP contribution in [0.5, 0.6) is 5.75 Å². The number of aromatic hydroxyl groups is 1. The lowest BCUT2D eigenvalue weighted by Gasteiger charge is -2.02. The SMILES string of the molecule is Nc1[c]ccc(-c2cccc(O)c2)c1. The number of rotatable bonds is 1. The van der Waals surface area contributed by atoms with Gasteiger partial charge in [0.15, 0.2) is 0 Å². The highest BCUT2D eigenvalue weighted by Crippen LogP contribution is 2.24.